The third kappa shape index (κ3) is 2.68. The molecule has 1 aromatic heterocycles. The standard InChI is InChI=1S/C20H21N3O/c1-14-10-12-23(13-11-14)20(24)16-7-3-2-6-15(16)19-21-17-8-4-5-9-18(17)22-19/h2-9,14H,10-13H2,1H3,(H,21,22). The van der Waals surface area contributed by atoms with Gasteiger partial charge in [0.05, 0.1) is 16.6 Å². The number of benzene rings is 2. The molecule has 4 nitrogen and oxygen atoms in total. The van der Waals surface area contributed by atoms with Gasteiger partial charge >= 0.3 is 0 Å². The number of carbonyl (C=O) groups excluding carboxylic acids is 1. The van der Waals surface area contributed by atoms with Crippen LogP contribution in [-0.2, 0) is 0 Å². The highest BCUT2D eigenvalue weighted by Crippen LogP contribution is 2.26. The van der Waals surface area contributed by atoms with E-state index in [0.717, 1.165) is 53.9 Å². The Morgan fingerprint density at radius 3 is 2.58 bits per heavy atom. The molecule has 2 aromatic carbocycles. The number of carbonyl (C=O) groups is 1. The lowest BCUT2D eigenvalue weighted by molar-refractivity contribution is 0.0698. The highest BCUT2D eigenvalue weighted by atomic mass is 16.2. The Bertz CT molecular complexity index is 842. The summed E-state index contributed by atoms with van der Waals surface area (Å²) in [5.41, 5.74) is 3.51. The third-order valence-corrected chi connectivity index (χ3v) is 4.87. The molecular formula is C20H21N3O. The number of H-pyrrole nitrogens is 1. The van der Waals surface area contributed by atoms with Gasteiger partial charge in [-0.3, -0.25) is 4.79 Å². The lowest BCUT2D eigenvalue weighted by Gasteiger charge is -2.30. The predicted molar refractivity (Wildman–Crippen MR) is 95.8 cm³/mol. The molecule has 0 atom stereocenters. The number of hydrogen-bond acceptors (Lipinski definition) is 2. The molecule has 0 aliphatic carbocycles. The second-order valence-electron chi connectivity index (χ2n) is 6.62. The first-order valence-electron chi connectivity index (χ1n) is 8.56. The summed E-state index contributed by atoms with van der Waals surface area (Å²) in [6, 6.07) is 15.7. The van der Waals surface area contributed by atoms with Crippen molar-refractivity contribution in [3.63, 3.8) is 0 Å². The fourth-order valence-corrected chi connectivity index (χ4v) is 3.34. The molecule has 1 saturated heterocycles. The Labute approximate surface area is 141 Å². The number of hydrogen-bond donors (Lipinski definition) is 1. The van der Waals surface area contributed by atoms with E-state index in [1.165, 1.54) is 0 Å². The fraction of sp³-hybridized carbons (Fsp3) is 0.300. The summed E-state index contributed by atoms with van der Waals surface area (Å²) in [6.07, 6.45) is 2.16. The minimum Gasteiger partial charge on any atom is -0.339 e. The molecule has 1 fully saturated rings. The number of piperidine rings is 1. The molecule has 122 valence electrons. The molecule has 0 unspecified atom stereocenters. The van der Waals surface area contributed by atoms with Crippen LogP contribution in [0.1, 0.15) is 30.1 Å². The summed E-state index contributed by atoms with van der Waals surface area (Å²) >= 11 is 0. The molecule has 0 spiro atoms. The molecule has 1 amide bonds. The first-order chi connectivity index (χ1) is 11.7. The normalized spacial score (nSPS) is 15.8. The van der Waals surface area contributed by atoms with Gasteiger partial charge in [0.15, 0.2) is 0 Å². The number of rotatable bonds is 2. The van der Waals surface area contributed by atoms with Gasteiger partial charge in [-0.25, -0.2) is 4.98 Å². The fourth-order valence-electron chi connectivity index (χ4n) is 3.34. The van der Waals surface area contributed by atoms with Crippen LogP contribution in [0.5, 0.6) is 0 Å². The molecule has 24 heavy (non-hydrogen) atoms. The first kappa shape index (κ1) is 14.9. The van der Waals surface area contributed by atoms with Crippen LogP contribution < -0.4 is 0 Å². The van der Waals surface area contributed by atoms with Gasteiger partial charge in [-0.2, -0.15) is 0 Å². The maximum absolute atomic E-state index is 13.0. The minimum absolute atomic E-state index is 0.109. The number of amides is 1. The highest BCUT2D eigenvalue weighted by molar-refractivity contribution is 6.00. The van der Waals surface area contributed by atoms with Crippen LogP contribution in [0.25, 0.3) is 22.4 Å². The van der Waals surface area contributed by atoms with E-state index in [1.54, 1.807) is 0 Å². The molecule has 1 aliphatic rings. The Morgan fingerprint density at radius 1 is 1.08 bits per heavy atom. The quantitative estimate of drug-likeness (QED) is 0.773. The smallest absolute Gasteiger partial charge is 0.254 e. The number of aromatic amines is 1. The molecule has 0 radical (unpaired) electrons. The van der Waals surface area contributed by atoms with Crippen LogP contribution in [0.3, 0.4) is 0 Å². The molecule has 1 aliphatic heterocycles. The van der Waals surface area contributed by atoms with Crippen molar-refractivity contribution in [3.05, 3.63) is 54.1 Å². The molecule has 2 heterocycles. The summed E-state index contributed by atoms with van der Waals surface area (Å²) in [5.74, 6) is 1.57. The van der Waals surface area contributed by atoms with E-state index in [9.17, 15) is 4.79 Å². The van der Waals surface area contributed by atoms with Crippen molar-refractivity contribution in [2.45, 2.75) is 19.8 Å². The number of aromatic nitrogens is 2. The van der Waals surface area contributed by atoms with E-state index < -0.39 is 0 Å². The van der Waals surface area contributed by atoms with Crippen molar-refractivity contribution in [3.8, 4) is 11.4 Å². The third-order valence-electron chi connectivity index (χ3n) is 4.87. The topological polar surface area (TPSA) is 49.0 Å². The number of nitrogens with one attached hydrogen (secondary N) is 1. The maximum atomic E-state index is 13.0. The Hall–Kier alpha value is -2.62. The van der Waals surface area contributed by atoms with E-state index in [4.69, 9.17) is 0 Å². The van der Waals surface area contributed by atoms with Gasteiger partial charge in [-0.05, 0) is 37.0 Å². The van der Waals surface area contributed by atoms with Gasteiger partial charge in [0.1, 0.15) is 5.82 Å². The monoisotopic (exact) mass is 319 g/mol. The molecule has 0 saturated carbocycles. The van der Waals surface area contributed by atoms with Gasteiger partial charge in [0.25, 0.3) is 5.91 Å². The van der Waals surface area contributed by atoms with Crippen molar-refractivity contribution in [2.24, 2.45) is 5.92 Å². The molecule has 3 aromatic rings. The maximum Gasteiger partial charge on any atom is 0.254 e. The number of nitrogens with zero attached hydrogens (tertiary/aromatic N) is 2. The zero-order chi connectivity index (χ0) is 16.5. The molecule has 4 rings (SSSR count). The summed E-state index contributed by atoms with van der Waals surface area (Å²) in [5, 5.41) is 0. The number of para-hydroxylation sites is 2. The van der Waals surface area contributed by atoms with E-state index in [2.05, 4.69) is 16.9 Å². The first-order valence-corrected chi connectivity index (χ1v) is 8.56. The second-order valence-corrected chi connectivity index (χ2v) is 6.62. The van der Waals surface area contributed by atoms with Crippen molar-refractivity contribution >= 4 is 16.9 Å². The average molecular weight is 319 g/mol. The highest BCUT2D eigenvalue weighted by Gasteiger charge is 2.24. The number of imidazole rings is 1. The largest absolute Gasteiger partial charge is 0.339 e. The average Bonchev–Trinajstić information content (AvgIpc) is 3.06. The Balaban J connectivity index is 1.71. The minimum atomic E-state index is 0.109. The van der Waals surface area contributed by atoms with Crippen molar-refractivity contribution in [1.82, 2.24) is 14.9 Å². The zero-order valence-electron chi connectivity index (χ0n) is 13.8. The van der Waals surface area contributed by atoms with Gasteiger partial charge in [-0.15, -0.1) is 0 Å². The molecule has 0 bridgehead atoms. The molecule has 1 N–H and O–H groups in total. The molecular weight excluding hydrogens is 298 g/mol. The number of likely N-dealkylation sites (tertiary alicyclic amines) is 1. The van der Waals surface area contributed by atoms with Crippen LogP contribution in [0.4, 0.5) is 0 Å². The summed E-state index contributed by atoms with van der Waals surface area (Å²) in [7, 11) is 0. The zero-order valence-corrected chi connectivity index (χ0v) is 13.8. The summed E-state index contributed by atoms with van der Waals surface area (Å²) in [4.78, 5) is 23.0. The van der Waals surface area contributed by atoms with Crippen LogP contribution >= 0.6 is 0 Å². The van der Waals surface area contributed by atoms with E-state index in [-0.39, 0.29) is 5.91 Å². The number of fused-ring (bicyclic) bond motifs is 1. The molecule has 4 heteroatoms. The van der Waals surface area contributed by atoms with Crippen LogP contribution in [0, 0.1) is 5.92 Å². The van der Waals surface area contributed by atoms with Crippen LogP contribution in [0.2, 0.25) is 0 Å². The van der Waals surface area contributed by atoms with E-state index in [1.807, 2.05) is 53.4 Å². The van der Waals surface area contributed by atoms with E-state index in [0.29, 0.717) is 5.92 Å². The van der Waals surface area contributed by atoms with Gasteiger partial charge < -0.3 is 9.88 Å². The van der Waals surface area contributed by atoms with Crippen molar-refractivity contribution < 1.29 is 4.79 Å². The van der Waals surface area contributed by atoms with Crippen molar-refractivity contribution in [1.29, 1.82) is 0 Å². The van der Waals surface area contributed by atoms with Gasteiger partial charge in [-0.1, -0.05) is 37.3 Å². The SMILES string of the molecule is CC1CCN(C(=O)c2ccccc2-c2nc3ccccc3[nH]2)CC1. The predicted octanol–water partition coefficient (Wildman–Crippen LogP) is 4.10. The van der Waals surface area contributed by atoms with Crippen molar-refractivity contribution in [2.75, 3.05) is 13.1 Å². The summed E-state index contributed by atoms with van der Waals surface area (Å²) < 4.78 is 0. The van der Waals surface area contributed by atoms with Gasteiger partial charge in [0, 0.05) is 18.7 Å². The summed E-state index contributed by atoms with van der Waals surface area (Å²) in [6.45, 7) is 3.94. The van der Waals surface area contributed by atoms with Crippen LogP contribution in [-0.4, -0.2) is 33.9 Å². The Morgan fingerprint density at radius 2 is 1.79 bits per heavy atom. The lowest BCUT2D eigenvalue weighted by Crippen LogP contribution is -2.38. The second kappa shape index (κ2) is 6.11. The van der Waals surface area contributed by atoms with Crippen LogP contribution in [0.15, 0.2) is 48.5 Å². The van der Waals surface area contributed by atoms with E-state index >= 15 is 0 Å². The lowest BCUT2D eigenvalue weighted by atomic mass is 9.97. The Kier molecular flexibility index (Phi) is 3.81. The van der Waals surface area contributed by atoms with Gasteiger partial charge in [0.2, 0.25) is 0 Å².